The van der Waals surface area contributed by atoms with Crippen LogP contribution < -0.4 is 15.4 Å². The van der Waals surface area contributed by atoms with Gasteiger partial charge in [0.25, 0.3) is 5.91 Å². The van der Waals surface area contributed by atoms with E-state index in [2.05, 4.69) is 25.7 Å². The number of rotatable bonds is 8. The average molecular weight is 450 g/mol. The number of amides is 2. The first kappa shape index (κ1) is 23.0. The largest absolute Gasteiger partial charge is 0.468 e. The van der Waals surface area contributed by atoms with Crippen LogP contribution in [0.1, 0.15) is 28.5 Å². The molecule has 0 radical (unpaired) electrons. The van der Waals surface area contributed by atoms with Gasteiger partial charge < -0.3 is 15.4 Å². The molecule has 3 aromatic heterocycles. The third-order valence-corrected chi connectivity index (χ3v) is 4.28. The summed E-state index contributed by atoms with van der Waals surface area (Å²) in [5.41, 5.74) is 1.91. The molecule has 0 bridgehead atoms. The van der Waals surface area contributed by atoms with E-state index >= 15 is 0 Å². The topological polar surface area (TPSA) is 111 Å². The van der Waals surface area contributed by atoms with E-state index in [0.29, 0.717) is 28.6 Å². The molecule has 3 rings (SSSR count). The Labute approximate surface area is 181 Å². The predicted molar refractivity (Wildman–Crippen MR) is 108 cm³/mol. The monoisotopic (exact) mass is 450 g/mol. The van der Waals surface area contributed by atoms with Gasteiger partial charge in [0.2, 0.25) is 11.8 Å². The van der Waals surface area contributed by atoms with Crippen LogP contribution >= 0.6 is 0 Å². The number of hydrogen-bond donors (Lipinski definition) is 2. The number of aryl methyl sites for hydroxylation is 1. The normalized spacial score (nSPS) is 11.4. The summed E-state index contributed by atoms with van der Waals surface area (Å²) >= 11 is 0. The zero-order chi connectivity index (χ0) is 23.3. The van der Waals surface area contributed by atoms with E-state index in [1.165, 1.54) is 19.3 Å². The smallest absolute Gasteiger partial charge is 0.422 e. The van der Waals surface area contributed by atoms with Crippen LogP contribution in [-0.2, 0) is 11.3 Å². The van der Waals surface area contributed by atoms with Crippen molar-refractivity contribution in [3.8, 4) is 5.88 Å². The SMILES string of the molecule is CC(=O)NCCNC(=O)c1nccc2nn(Cc3cnc(OCC(F)(F)F)c(C)c3)cc12. The fourth-order valence-corrected chi connectivity index (χ4v) is 2.95. The number of hydrogen-bond acceptors (Lipinski definition) is 6. The zero-order valence-electron chi connectivity index (χ0n) is 17.4. The van der Waals surface area contributed by atoms with E-state index in [-0.39, 0.29) is 30.6 Å². The maximum Gasteiger partial charge on any atom is 0.422 e. The lowest BCUT2D eigenvalue weighted by molar-refractivity contribution is -0.154. The summed E-state index contributed by atoms with van der Waals surface area (Å²) in [4.78, 5) is 31.4. The van der Waals surface area contributed by atoms with Crippen LogP contribution in [-0.4, -0.2) is 57.4 Å². The van der Waals surface area contributed by atoms with Gasteiger partial charge in [0.05, 0.1) is 17.4 Å². The van der Waals surface area contributed by atoms with Gasteiger partial charge in [-0.25, -0.2) is 4.98 Å². The maximum atomic E-state index is 12.5. The molecular weight excluding hydrogens is 429 g/mol. The highest BCUT2D eigenvalue weighted by Gasteiger charge is 2.29. The summed E-state index contributed by atoms with van der Waals surface area (Å²) in [6.07, 6.45) is 0.109. The Morgan fingerprint density at radius 3 is 2.62 bits per heavy atom. The van der Waals surface area contributed by atoms with E-state index in [0.717, 1.165) is 0 Å². The highest BCUT2D eigenvalue weighted by atomic mass is 19.4. The number of nitrogens with one attached hydrogen (secondary N) is 2. The first-order chi connectivity index (χ1) is 15.1. The van der Waals surface area contributed by atoms with E-state index in [4.69, 9.17) is 4.74 Å². The molecule has 12 heteroatoms. The van der Waals surface area contributed by atoms with Crippen LogP contribution in [0.3, 0.4) is 0 Å². The molecule has 32 heavy (non-hydrogen) atoms. The number of halogens is 3. The van der Waals surface area contributed by atoms with E-state index in [1.54, 1.807) is 29.9 Å². The maximum absolute atomic E-state index is 12.5. The molecule has 3 aromatic rings. The molecule has 2 N–H and O–H groups in total. The first-order valence-corrected chi connectivity index (χ1v) is 9.62. The van der Waals surface area contributed by atoms with Gasteiger partial charge in [-0.05, 0) is 24.6 Å². The van der Waals surface area contributed by atoms with Crippen molar-refractivity contribution in [3.05, 3.63) is 47.5 Å². The van der Waals surface area contributed by atoms with Crippen molar-refractivity contribution in [3.63, 3.8) is 0 Å². The van der Waals surface area contributed by atoms with Crippen LogP contribution in [0.15, 0.2) is 30.7 Å². The molecule has 170 valence electrons. The van der Waals surface area contributed by atoms with Crippen molar-refractivity contribution in [1.29, 1.82) is 0 Å². The van der Waals surface area contributed by atoms with Gasteiger partial charge in [0.15, 0.2) is 6.61 Å². The standard InChI is InChI=1S/C20H21F3N6O3/c1-12-7-14(8-27-19(12)32-11-20(21,22)23)9-29-10-15-16(28-29)3-4-25-17(15)18(31)26-6-5-24-13(2)30/h3-4,7-8,10H,5-6,9,11H2,1-2H3,(H,24,30)(H,26,31). The quantitative estimate of drug-likeness (QED) is 0.508. The molecule has 0 saturated heterocycles. The molecule has 0 aliphatic rings. The molecule has 0 aliphatic heterocycles. The highest BCUT2D eigenvalue weighted by molar-refractivity contribution is 6.04. The predicted octanol–water partition coefficient (Wildman–Crippen LogP) is 1.99. The lowest BCUT2D eigenvalue weighted by Gasteiger charge is -2.11. The number of ether oxygens (including phenoxy) is 1. The Balaban J connectivity index is 1.71. The number of carbonyl (C=O) groups excluding carboxylic acids is 2. The molecule has 0 atom stereocenters. The summed E-state index contributed by atoms with van der Waals surface area (Å²) in [5.74, 6) is -0.672. The summed E-state index contributed by atoms with van der Waals surface area (Å²) in [6.45, 7) is 2.41. The second-order valence-electron chi connectivity index (χ2n) is 7.03. The number of pyridine rings is 2. The van der Waals surface area contributed by atoms with Crippen molar-refractivity contribution in [2.45, 2.75) is 26.6 Å². The van der Waals surface area contributed by atoms with Crippen molar-refractivity contribution in [2.24, 2.45) is 0 Å². The molecule has 3 heterocycles. The number of nitrogens with zero attached hydrogens (tertiary/aromatic N) is 4. The molecular formula is C20H21F3N6O3. The Morgan fingerprint density at radius 1 is 1.19 bits per heavy atom. The number of aromatic nitrogens is 4. The van der Waals surface area contributed by atoms with E-state index in [1.807, 2.05) is 0 Å². The molecule has 2 amide bonds. The second-order valence-corrected chi connectivity index (χ2v) is 7.03. The molecule has 9 nitrogen and oxygen atoms in total. The average Bonchev–Trinajstić information content (AvgIpc) is 3.12. The van der Waals surface area contributed by atoms with Crippen LogP contribution in [0.4, 0.5) is 13.2 Å². The Bertz CT molecular complexity index is 1130. The minimum Gasteiger partial charge on any atom is -0.468 e. The van der Waals surface area contributed by atoms with Gasteiger partial charge in [0, 0.05) is 44.2 Å². The Hall–Kier alpha value is -3.70. The van der Waals surface area contributed by atoms with Gasteiger partial charge in [-0.2, -0.15) is 18.3 Å². The van der Waals surface area contributed by atoms with Gasteiger partial charge >= 0.3 is 6.18 Å². The third kappa shape index (κ3) is 6.15. The highest BCUT2D eigenvalue weighted by Crippen LogP contribution is 2.21. The summed E-state index contributed by atoms with van der Waals surface area (Å²) in [5, 5.41) is 10.2. The fourth-order valence-electron chi connectivity index (χ4n) is 2.95. The van der Waals surface area contributed by atoms with Crippen LogP contribution in [0.25, 0.3) is 10.9 Å². The van der Waals surface area contributed by atoms with E-state index < -0.39 is 18.7 Å². The summed E-state index contributed by atoms with van der Waals surface area (Å²) < 4.78 is 43.3. The second kappa shape index (κ2) is 9.62. The van der Waals surface area contributed by atoms with Gasteiger partial charge in [-0.3, -0.25) is 19.3 Å². The fraction of sp³-hybridized carbons (Fsp3) is 0.350. The minimum absolute atomic E-state index is 0.0841. The van der Waals surface area contributed by atoms with Crippen LogP contribution in [0.5, 0.6) is 5.88 Å². The number of fused-ring (bicyclic) bond motifs is 1. The van der Waals surface area contributed by atoms with Gasteiger partial charge in [-0.15, -0.1) is 0 Å². The molecule has 0 unspecified atom stereocenters. The van der Waals surface area contributed by atoms with Crippen LogP contribution in [0.2, 0.25) is 0 Å². The Morgan fingerprint density at radius 2 is 1.94 bits per heavy atom. The molecule has 0 aliphatic carbocycles. The Kier molecular flexibility index (Phi) is 6.91. The number of alkyl halides is 3. The van der Waals surface area contributed by atoms with E-state index in [9.17, 15) is 22.8 Å². The molecule has 0 fully saturated rings. The van der Waals surface area contributed by atoms with Crippen molar-refractivity contribution >= 4 is 22.7 Å². The third-order valence-electron chi connectivity index (χ3n) is 4.28. The lowest BCUT2D eigenvalue weighted by Crippen LogP contribution is -2.34. The van der Waals surface area contributed by atoms with Gasteiger partial charge in [0.1, 0.15) is 5.69 Å². The minimum atomic E-state index is -4.44. The number of carbonyl (C=O) groups is 2. The summed E-state index contributed by atoms with van der Waals surface area (Å²) in [6, 6.07) is 3.33. The first-order valence-electron chi connectivity index (χ1n) is 9.62. The lowest BCUT2D eigenvalue weighted by atomic mass is 10.2. The van der Waals surface area contributed by atoms with Crippen molar-refractivity contribution in [1.82, 2.24) is 30.4 Å². The van der Waals surface area contributed by atoms with Crippen LogP contribution in [0, 0.1) is 6.92 Å². The molecule has 0 saturated carbocycles. The van der Waals surface area contributed by atoms with Crippen molar-refractivity contribution < 1.29 is 27.5 Å². The molecule has 0 aromatic carbocycles. The zero-order valence-corrected chi connectivity index (χ0v) is 17.4. The summed E-state index contributed by atoms with van der Waals surface area (Å²) in [7, 11) is 0. The van der Waals surface area contributed by atoms with Gasteiger partial charge in [-0.1, -0.05) is 0 Å². The molecule has 0 spiro atoms. The van der Waals surface area contributed by atoms with Crippen molar-refractivity contribution in [2.75, 3.05) is 19.7 Å².